The number of allylic oxidation sites excluding steroid dienone is 1. The second-order valence-corrected chi connectivity index (χ2v) is 6.84. The highest BCUT2D eigenvalue weighted by atomic mass is 19.1. The van der Waals surface area contributed by atoms with Crippen molar-refractivity contribution in [3.8, 4) is 0 Å². The molecule has 1 aliphatic rings. The molecule has 0 radical (unpaired) electrons. The average Bonchev–Trinajstić information content (AvgIpc) is 3.21. The molecule has 0 aliphatic carbocycles. The number of aromatic nitrogens is 2. The molecule has 0 unspecified atom stereocenters. The maximum atomic E-state index is 14.4. The average molecular weight is 399 g/mol. The molecular formula is C20H23F2N7. The molecule has 1 saturated heterocycles. The first-order chi connectivity index (χ1) is 14.0. The van der Waals surface area contributed by atoms with Gasteiger partial charge < -0.3 is 21.4 Å². The van der Waals surface area contributed by atoms with Crippen LogP contribution in [0.5, 0.6) is 0 Å². The van der Waals surface area contributed by atoms with E-state index in [2.05, 4.69) is 15.3 Å². The number of hydrogen-bond acceptors (Lipinski definition) is 7. The summed E-state index contributed by atoms with van der Waals surface area (Å²) in [4.78, 5) is 10.4. The molecule has 2 heterocycles. The first kappa shape index (κ1) is 20.4. The molecule has 7 nitrogen and oxygen atoms in total. The highest BCUT2D eigenvalue weighted by Gasteiger charge is 2.24. The van der Waals surface area contributed by atoms with Gasteiger partial charge in [0.05, 0.1) is 18.1 Å². The predicted octanol–water partition coefficient (Wildman–Crippen LogP) is 2.62. The number of hydrogen-bond donors (Lipinski definition) is 4. The second kappa shape index (κ2) is 8.76. The predicted molar refractivity (Wildman–Crippen MR) is 111 cm³/mol. The van der Waals surface area contributed by atoms with Gasteiger partial charge in [-0.15, -0.1) is 0 Å². The van der Waals surface area contributed by atoms with Crippen LogP contribution in [0.4, 0.5) is 20.3 Å². The third-order valence-corrected chi connectivity index (χ3v) is 4.91. The van der Waals surface area contributed by atoms with E-state index in [4.69, 9.17) is 16.6 Å². The van der Waals surface area contributed by atoms with Crippen molar-refractivity contribution >= 4 is 29.0 Å². The number of nitrogen functional groups attached to an aromatic ring is 1. The Morgan fingerprint density at radius 3 is 2.79 bits per heavy atom. The van der Waals surface area contributed by atoms with Crippen molar-refractivity contribution in [1.82, 2.24) is 15.3 Å². The summed E-state index contributed by atoms with van der Waals surface area (Å²) in [5.74, 6) is 0.0234. The monoisotopic (exact) mass is 399 g/mol. The van der Waals surface area contributed by atoms with Gasteiger partial charge >= 0.3 is 0 Å². The van der Waals surface area contributed by atoms with Crippen LogP contribution in [-0.2, 0) is 0 Å². The lowest BCUT2D eigenvalue weighted by Gasteiger charge is -2.18. The minimum absolute atomic E-state index is 0.0123. The van der Waals surface area contributed by atoms with Crippen LogP contribution in [0, 0.1) is 22.6 Å². The zero-order chi connectivity index (χ0) is 21.0. The van der Waals surface area contributed by atoms with Gasteiger partial charge in [-0.1, -0.05) is 0 Å². The number of halogens is 2. The molecule has 0 amide bonds. The van der Waals surface area contributed by atoms with E-state index < -0.39 is 5.82 Å². The highest BCUT2D eigenvalue weighted by Crippen LogP contribution is 2.27. The quantitative estimate of drug-likeness (QED) is 0.422. The minimum atomic E-state index is -0.582. The lowest BCUT2D eigenvalue weighted by Crippen LogP contribution is -2.22. The number of benzene rings is 1. The molecular weight excluding hydrogens is 376 g/mol. The standard InChI is InChI=1S/C20H23F2N7/c1-26-9-13(8-23)14-4-15(17(24)5-16(14)22)20(25)18-6-19(28-11-27-18)29-3-2-12(7-21)10-29/h4-6,8-9,11-12,23,25-26H,2-3,7,10,24H2,1H3/b13-9+,23-8?,25-20?/t12-/m1/s1. The molecule has 152 valence electrons. The molecule has 0 spiro atoms. The van der Waals surface area contributed by atoms with Crippen molar-refractivity contribution in [3.05, 3.63) is 53.4 Å². The van der Waals surface area contributed by atoms with Crippen molar-refractivity contribution in [2.75, 3.05) is 37.4 Å². The molecule has 0 bridgehead atoms. The van der Waals surface area contributed by atoms with Crippen molar-refractivity contribution < 1.29 is 8.78 Å². The Kier molecular flexibility index (Phi) is 6.16. The van der Waals surface area contributed by atoms with Crippen LogP contribution in [0.25, 0.3) is 5.57 Å². The number of rotatable bonds is 7. The summed E-state index contributed by atoms with van der Waals surface area (Å²) in [6.07, 6.45) is 4.63. The molecule has 29 heavy (non-hydrogen) atoms. The van der Waals surface area contributed by atoms with E-state index in [1.807, 2.05) is 4.90 Å². The number of nitrogens with zero attached hydrogens (tertiary/aromatic N) is 3. The molecule has 1 atom stereocenters. The van der Waals surface area contributed by atoms with Gasteiger partial charge in [0.1, 0.15) is 18.0 Å². The van der Waals surface area contributed by atoms with Crippen molar-refractivity contribution in [2.45, 2.75) is 6.42 Å². The summed E-state index contributed by atoms with van der Waals surface area (Å²) in [6.45, 7) is 0.897. The Bertz CT molecular complexity index is 958. The van der Waals surface area contributed by atoms with Crippen molar-refractivity contribution in [2.24, 2.45) is 5.92 Å². The summed E-state index contributed by atoms with van der Waals surface area (Å²) in [7, 11) is 1.65. The van der Waals surface area contributed by atoms with Crippen LogP contribution < -0.4 is 16.0 Å². The van der Waals surface area contributed by atoms with Crippen LogP contribution in [0.15, 0.2) is 30.7 Å². The smallest absolute Gasteiger partial charge is 0.133 e. The zero-order valence-corrected chi connectivity index (χ0v) is 16.0. The van der Waals surface area contributed by atoms with E-state index in [9.17, 15) is 8.78 Å². The summed E-state index contributed by atoms with van der Waals surface area (Å²) < 4.78 is 27.3. The molecule has 0 saturated carbocycles. The fourth-order valence-corrected chi connectivity index (χ4v) is 3.34. The van der Waals surface area contributed by atoms with E-state index in [1.165, 1.54) is 18.6 Å². The maximum Gasteiger partial charge on any atom is 0.133 e. The third-order valence-electron chi connectivity index (χ3n) is 4.91. The first-order valence-electron chi connectivity index (χ1n) is 9.18. The number of alkyl halides is 1. The minimum Gasteiger partial charge on any atom is -0.398 e. The second-order valence-electron chi connectivity index (χ2n) is 6.84. The van der Waals surface area contributed by atoms with Gasteiger partial charge in [-0.3, -0.25) is 9.80 Å². The fourth-order valence-electron chi connectivity index (χ4n) is 3.34. The first-order valence-corrected chi connectivity index (χ1v) is 9.18. The van der Waals surface area contributed by atoms with Gasteiger partial charge in [-0.2, -0.15) is 0 Å². The van der Waals surface area contributed by atoms with Crippen LogP contribution in [0.3, 0.4) is 0 Å². The lowest BCUT2D eigenvalue weighted by atomic mass is 9.98. The van der Waals surface area contributed by atoms with Crippen molar-refractivity contribution in [3.63, 3.8) is 0 Å². The Hall–Kier alpha value is -3.36. The molecule has 1 aromatic carbocycles. The van der Waals surface area contributed by atoms with Crippen LogP contribution in [-0.4, -0.2) is 48.7 Å². The van der Waals surface area contributed by atoms with Gasteiger partial charge in [0.25, 0.3) is 0 Å². The zero-order valence-electron chi connectivity index (χ0n) is 16.0. The van der Waals surface area contributed by atoms with Crippen LogP contribution >= 0.6 is 0 Å². The highest BCUT2D eigenvalue weighted by molar-refractivity contribution is 6.15. The van der Waals surface area contributed by atoms with Gasteiger partial charge in [0.15, 0.2) is 0 Å². The van der Waals surface area contributed by atoms with E-state index in [-0.39, 0.29) is 29.6 Å². The third kappa shape index (κ3) is 4.23. The fraction of sp³-hybridized carbons (Fsp3) is 0.300. The van der Waals surface area contributed by atoms with Gasteiger partial charge in [0, 0.05) is 66.9 Å². The number of anilines is 2. The largest absolute Gasteiger partial charge is 0.398 e. The van der Waals surface area contributed by atoms with Gasteiger partial charge in [0.2, 0.25) is 0 Å². The lowest BCUT2D eigenvalue weighted by molar-refractivity contribution is 0.384. The molecule has 3 rings (SSSR count). The molecule has 2 aromatic rings. The Labute approximate surface area is 167 Å². The summed E-state index contributed by atoms with van der Waals surface area (Å²) in [6, 6.07) is 4.24. The number of nitrogens with one attached hydrogen (secondary N) is 3. The molecule has 1 fully saturated rings. The number of nitrogens with two attached hydrogens (primary N) is 1. The SMILES string of the molecule is CN/C=C(\C=N)c1cc(C(=N)c2cc(N3CC[C@H](CF)C3)ncn2)c(N)cc1F. The van der Waals surface area contributed by atoms with Gasteiger partial charge in [-0.25, -0.2) is 14.4 Å². The Balaban J connectivity index is 1.96. The summed E-state index contributed by atoms with van der Waals surface area (Å²) in [5, 5.41) is 18.8. The normalized spacial score (nSPS) is 16.7. The maximum absolute atomic E-state index is 14.4. The van der Waals surface area contributed by atoms with E-state index in [1.54, 1.807) is 13.1 Å². The molecule has 9 heteroatoms. The summed E-state index contributed by atoms with van der Waals surface area (Å²) >= 11 is 0. The Morgan fingerprint density at radius 1 is 1.34 bits per heavy atom. The van der Waals surface area contributed by atoms with E-state index in [0.29, 0.717) is 35.7 Å². The van der Waals surface area contributed by atoms with E-state index in [0.717, 1.165) is 18.7 Å². The molecule has 5 N–H and O–H groups in total. The summed E-state index contributed by atoms with van der Waals surface area (Å²) in [5.41, 5.74) is 7.20. The van der Waals surface area contributed by atoms with Crippen molar-refractivity contribution in [1.29, 1.82) is 10.8 Å². The van der Waals surface area contributed by atoms with Gasteiger partial charge in [-0.05, 0) is 18.6 Å². The topological polar surface area (TPSA) is 115 Å². The van der Waals surface area contributed by atoms with E-state index >= 15 is 0 Å². The molecule has 1 aromatic heterocycles. The molecule has 1 aliphatic heterocycles. The van der Waals surface area contributed by atoms with Crippen LogP contribution in [0.2, 0.25) is 0 Å². The van der Waals surface area contributed by atoms with Crippen LogP contribution in [0.1, 0.15) is 23.2 Å². The Morgan fingerprint density at radius 2 is 2.14 bits per heavy atom.